The van der Waals surface area contributed by atoms with Gasteiger partial charge in [-0.05, 0) is 47.5 Å². The molecule has 24 heavy (non-hydrogen) atoms. The third-order valence-corrected chi connectivity index (χ3v) is 3.76. The second kappa shape index (κ2) is 6.17. The highest BCUT2D eigenvalue weighted by atomic mass is 35.5. The maximum absolute atomic E-state index is 12.9. The van der Waals surface area contributed by atoms with E-state index in [2.05, 4.69) is 0 Å². The van der Waals surface area contributed by atoms with Crippen molar-refractivity contribution in [2.45, 2.75) is 6.18 Å². The molecule has 2 nitrogen and oxygen atoms in total. The molecule has 0 aliphatic carbocycles. The fraction of sp³-hybridized carbons (Fsp3) is 0.0556. The lowest BCUT2D eigenvalue weighted by Gasteiger charge is -2.12. The molecule has 0 fully saturated rings. The van der Waals surface area contributed by atoms with Crippen LogP contribution in [0.25, 0.3) is 16.8 Å². The quantitative estimate of drug-likeness (QED) is 0.625. The van der Waals surface area contributed by atoms with E-state index in [1.54, 1.807) is 24.3 Å². The Morgan fingerprint density at radius 1 is 0.875 bits per heavy atom. The van der Waals surface area contributed by atoms with Gasteiger partial charge in [0.25, 0.3) is 5.56 Å². The summed E-state index contributed by atoms with van der Waals surface area (Å²) in [5, 5.41) is 0.532. The number of rotatable bonds is 2. The molecule has 1 heterocycles. The molecule has 3 aromatic rings. The monoisotopic (exact) mass is 349 g/mol. The SMILES string of the molecule is O=c1ccc(-c2cccc(Cl)c2)cn1-c1cccc(C(F)(F)F)c1. The standard InChI is InChI=1S/C18H11ClF3NO/c19-15-5-1-3-12(9-15)13-7-8-17(24)23(11-13)16-6-2-4-14(10-16)18(20,21)22/h1-11H. The summed E-state index contributed by atoms with van der Waals surface area (Å²) >= 11 is 5.96. The Morgan fingerprint density at radius 2 is 1.62 bits per heavy atom. The van der Waals surface area contributed by atoms with Gasteiger partial charge < -0.3 is 0 Å². The topological polar surface area (TPSA) is 22.0 Å². The van der Waals surface area contributed by atoms with Crippen LogP contribution in [0.5, 0.6) is 0 Å². The van der Waals surface area contributed by atoms with Crippen LogP contribution < -0.4 is 5.56 Å². The van der Waals surface area contributed by atoms with E-state index in [1.165, 1.54) is 29.0 Å². The van der Waals surface area contributed by atoms with Crippen molar-refractivity contribution in [1.29, 1.82) is 0 Å². The maximum Gasteiger partial charge on any atom is 0.416 e. The molecule has 0 saturated heterocycles. The minimum Gasteiger partial charge on any atom is -0.284 e. The van der Waals surface area contributed by atoms with Crippen molar-refractivity contribution in [3.8, 4) is 16.8 Å². The predicted molar refractivity (Wildman–Crippen MR) is 87.5 cm³/mol. The highest BCUT2D eigenvalue weighted by Crippen LogP contribution is 2.30. The zero-order chi connectivity index (χ0) is 17.3. The van der Waals surface area contributed by atoms with E-state index in [-0.39, 0.29) is 5.69 Å². The summed E-state index contributed by atoms with van der Waals surface area (Å²) in [5.41, 5.74) is 0.372. The van der Waals surface area contributed by atoms with Crippen LogP contribution in [-0.4, -0.2) is 4.57 Å². The molecular formula is C18H11ClF3NO. The summed E-state index contributed by atoms with van der Waals surface area (Å²) in [4.78, 5) is 12.1. The Morgan fingerprint density at radius 3 is 2.33 bits per heavy atom. The van der Waals surface area contributed by atoms with Crippen LogP contribution in [0.4, 0.5) is 13.2 Å². The van der Waals surface area contributed by atoms with Gasteiger partial charge >= 0.3 is 6.18 Å². The van der Waals surface area contributed by atoms with Gasteiger partial charge in [0.05, 0.1) is 5.56 Å². The Balaban J connectivity index is 2.12. The van der Waals surface area contributed by atoms with Crippen LogP contribution in [0.1, 0.15) is 5.56 Å². The third kappa shape index (κ3) is 3.36. The van der Waals surface area contributed by atoms with Crippen molar-refractivity contribution in [1.82, 2.24) is 4.57 Å². The number of hydrogen-bond donors (Lipinski definition) is 0. The molecule has 0 aliphatic heterocycles. The van der Waals surface area contributed by atoms with Crippen LogP contribution in [-0.2, 0) is 6.18 Å². The van der Waals surface area contributed by atoms with Crippen molar-refractivity contribution < 1.29 is 13.2 Å². The highest BCUT2D eigenvalue weighted by molar-refractivity contribution is 6.30. The van der Waals surface area contributed by atoms with Crippen LogP contribution in [0, 0.1) is 0 Å². The van der Waals surface area contributed by atoms with E-state index in [0.717, 1.165) is 17.7 Å². The Kier molecular flexibility index (Phi) is 4.20. The van der Waals surface area contributed by atoms with Gasteiger partial charge in [0, 0.05) is 23.0 Å². The lowest BCUT2D eigenvalue weighted by Crippen LogP contribution is -2.17. The molecule has 0 radical (unpaired) electrons. The molecule has 0 spiro atoms. The minimum absolute atomic E-state index is 0.152. The summed E-state index contributed by atoms with van der Waals surface area (Å²) < 4.78 is 39.8. The second-order valence-corrected chi connectivity index (χ2v) is 5.62. The summed E-state index contributed by atoms with van der Waals surface area (Å²) in [6.45, 7) is 0. The number of benzene rings is 2. The summed E-state index contributed by atoms with van der Waals surface area (Å²) in [6.07, 6.45) is -2.96. The smallest absolute Gasteiger partial charge is 0.284 e. The highest BCUT2D eigenvalue weighted by Gasteiger charge is 2.30. The molecule has 0 bridgehead atoms. The van der Waals surface area contributed by atoms with E-state index in [9.17, 15) is 18.0 Å². The van der Waals surface area contributed by atoms with E-state index in [1.807, 2.05) is 6.07 Å². The average molecular weight is 350 g/mol. The molecular weight excluding hydrogens is 339 g/mol. The molecule has 0 atom stereocenters. The van der Waals surface area contributed by atoms with Crippen molar-refractivity contribution in [2.75, 3.05) is 0 Å². The average Bonchev–Trinajstić information content (AvgIpc) is 2.54. The maximum atomic E-state index is 12.9. The Bertz CT molecular complexity index is 947. The van der Waals surface area contributed by atoms with Crippen LogP contribution in [0.3, 0.4) is 0 Å². The van der Waals surface area contributed by atoms with Gasteiger partial charge in [-0.3, -0.25) is 9.36 Å². The largest absolute Gasteiger partial charge is 0.416 e. The van der Waals surface area contributed by atoms with E-state index in [0.29, 0.717) is 10.6 Å². The van der Waals surface area contributed by atoms with Gasteiger partial charge in [-0.2, -0.15) is 13.2 Å². The molecule has 2 aromatic carbocycles. The fourth-order valence-corrected chi connectivity index (χ4v) is 2.55. The zero-order valence-electron chi connectivity index (χ0n) is 12.2. The number of aromatic nitrogens is 1. The number of pyridine rings is 1. The normalized spacial score (nSPS) is 11.5. The molecule has 3 rings (SSSR count). The van der Waals surface area contributed by atoms with E-state index >= 15 is 0 Å². The first-order chi connectivity index (χ1) is 11.3. The van der Waals surface area contributed by atoms with Gasteiger partial charge in [0.15, 0.2) is 0 Å². The molecule has 0 aliphatic rings. The van der Waals surface area contributed by atoms with E-state index in [4.69, 9.17) is 11.6 Å². The van der Waals surface area contributed by atoms with Gasteiger partial charge in [0.2, 0.25) is 0 Å². The molecule has 0 unspecified atom stereocenters. The first-order valence-corrected chi connectivity index (χ1v) is 7.39. The zero-order valence-corrected chi connectivity index (χ0v) is 13.0. The van der Waals surface area contributed by atoms with Crippen molar-refractivity contribution in [2.24, 2.45) is 0 Å². The van der Waals surface area contributed by atoms with Crippen molar-refractivity contribution in [3.05, 3.63) is 87.8 Å². The molecule has 0 amide bonds. The summed E-state index contributed by atoms with van der Waals surface area (Å²) in [7, 11) is 0. The molecule has 1 aromatic heterocycles. The molecule has 0 saturated carbocycles. The number of nitrogens with zero attached hydrogens (tertiary/aromatic N) is 1. The number of halogens is 4. The predicted octanol–water partition coefficient (Wildman–Crippen LogP) is 5.18. The number of hydrogen-bond acceptors (Lipinski definition) is 1. The van der Waals surface area contributed by atoms with Gasteiger partial charge in [0.1, 0.15) is 0 Å². The van der Waals surface area contributed by atoms with E-state index < -0.39 is 17.3 Å². The Hall–Kier alpha value is -2.53. The van der Waals surface area contributed by atoms with Crippen LogP contribution in [0.15, 0.2) is 71.7 Å². The number of alkyl halides is 3. The lowest BCUT2D eigenvalue weighted by molar-refractivity contribution is -0.137. The van der Waals surface area contributed by atoms with Crippen LogP contribution in [0.2, 0.25) is 5.02 Å². The van der Waals surface area contributed by atoms with Crippen LogP contribution >= 0.6 is 11.6 Å². The lowest BCUT2D eigenvalue weighted by atomic mass is 10.1. The molecule has 122 valence electrons. The summed E-state index contributed by atoms with van der Waals surface area (Å²) in [6, 6.07) is 14.6. The first-order valence-electron chi connectivity index (χ1n) is 7.01. The summed E-state index contributed by atoms with van der Waals surface area (Å²) in [5.74, 6) is 0. The van der Waals surface area contributed by atoms with Gasteiger partial charge in [-0.1, -0.05) is 29.8 Å². The first kappa shape index (κ1) is 16.3. The molecule has 0 N–H and O–H groups in total. The molecule has 6 heteroatoms. The van der Waals surface area contributed by atoms with Gasteiger partial charge in [-0.15, -0.1) is 0 Å². The minimum atomic E-state index is -4.47. The van der Waals surface area contributed by atoms with Crippen molar-refractivity contribution in [3.63, 3.8) is 0 Å². The second-order valence-electron chi connectivity index (χ2n) is 5.18. The van der Waals surface area contributed by atoms with Gasteiger partial charge in [-0.25, -0.2) is 0 Å². The van der Waals surface area contributed by atoms with Crippen molar-refractivity contribution >= 4 is 11.6 Å². The third-order valence-electron chi connectivity index (χ3n) is 3.52. The fourth-order valence-electron chi connectivity index (χ4n) is 2.36. The Labute approximate surface area is 140 Å².